The van der Waals surface area contributed by atoms with Crippen LogP contribution in [0.25, 0.3) is 0 Å². The smallest absolute Gasteiger partial charge is 0.188 e. The van der Waals surface area contributed by atoms with E-state index in [0.29, 0.717) is 18.0 Å². The number of rotatable bonds is 7. The summed E-state index contributed by atoms with van der Waals surface area (Å²) < 4.78 is 5.09. The van der Waals surface area contributed by atoms with Crippen molar-refractivity contribution in [2.75, 3.05) is 20.3 Å². The van der Waals surface area contributed by atoms with Crippen molar-refractivity contribution in [3.05, 3.63) is 35.9 Å². The van der Waals surface area contributed by atoms with Crippen LogP contribution in [0, 0.1) is 5.41 Å². The molecule has 2 rings (SSSR count). The van der Waals surface area contributed by atoms with Crippen LogP contribution in [-0.2, 0) is 11.2 Å². The van der Waals surface area contributed by atoms with Gasteiger partial charge >= 0.3 is 0 Å². The van der Waals surface area contributed by atoms with Gasteiger partial charge in [0, 0.05) is 19.7 Å². The van der Waals surface area contributed by atoms with Gasteiger partial charge in [-0.1, -0.05) is 36.8 Å². The fraction of sp³-hybridized carbons (Fsp3) is 0.588. The molecule has 3 N–H and O–H groups in total. The van der Waals surface area contributed by atoms with Crippen molar-refractivity contribution >= 4 is 5.96 Å². The molecule has 1 fully saturated rings. The Labute approximate surface area is 127 Å². The van der Waals surface area contributed by atoms with Gasteiger partial charge in [0.05, 0.1) is 6.61 Å². The first-order valence-electron chi connectivity index (χ1n) is 7.73. The Morgan fingerprint density at radius 2 is 2.10 bits per heavy atom. The van der Waals surface area contributed by atoms with Crippen LogP contribution in [0.2, 0.25) is 0 Å². The van der Waals surface area contributed by atoms with Crippen LogP contribution in [0.5, 0.6) is 0 Å². The van der Waals surface area contributed by atoms with E-state index >= 15 is 0 Å². The highest BCUT2D eigenvalue weighted by Crippen LogP contribution is 2.43. The average Bonchev–Trinajstić information content (AvgIpc) is 2.43. The Morgan fingerprint density at radius 3 is 2.67 bits per heavy atom. The van der Waals surface area contributed by atoms with Gasteiger partial charge in [0.15, 0.2) is 5.96 Å². The van der Waals surface area contributed by atoms with Gasteiger partial charge in [0.1, 0.15) is 0 Å². The predicted molar refractivity (Wildman–Crippen MR) is 87.4 cm³/mol. The van der Waals surface area contributed by atoms with Crippen molar-refractivity contribution in [3.8, 4) is 0 Å². The van der Waals surface area contributed by atoms with Crippen molar-refractivity contribution in [1.29, 1.82) is 0 Å². The quantitative estimate of drug-likeness (QED) is 0.598. The van der Waals surface area contributed by atoms with Crippen molar-refractivity contribution in [2.45, 2.75) is 38.6 Å². The van der Waals surface area contributed by atoms with E-state index in [1.807, 2.05) is 6.92 Å². The Balaban J connectivity index is 1.89. The zero-order valence-corrected chi connectivity index (χ0v) is 13.1. The zero-order valence-electron chi connectivity index (χ0n) is 13.1. The summed E-state index contributed by atoms with van der Waals surface area (Å²) in [5, 5.41) is 3.17. The molecule has 0 amide bonds. The van der Waals surface area contributed by atoms with Crippen LogP contribution in [0.15, 0.2) is 35.3 Å². The minimum absolute atomic E-state index is 0.185. The van der Waals surface area contributed by atoms with Gasteiger partial charge in [-0.05, 0) is 37.2 Å². The van der Waals surface area contributed by atoms with Gasteiger partial charge in [-0.15, -0.1) is 0 Å². The third-order valence-corrected chi connectivity index (χ3v) is 4.23. The molecular formula is C17H27N3O. The van der Waals surface area contributed by atoms with E-state index < -0.39 is 0 Å². The van der Waals surface area contributed by atoms with E-state index in [4.69, 9.17) is 10.5 Å². The van der Waals surface area contributed by atoms with Crippen molar-refractivity contribution in [2.24, 2.45) is 16.1 Å². The fourth-order valence-corrected chi connectivity index (χ4v) is 2.94. The van der Waals surface area contributed by atoms with Crippen LogP contribution < -0.4 is 11.1 Å². The molecule has 0 bridgehead atoms. The number of nitrogens with zero attached hydrogens (tertiary/aromatic N) is 1. The molecule has 116 valence electrons. The van der Waals surface area contributed by atoms with E-state index in [1.165, 1.54) is 24.8 Å². The lowest BCUT2D eigenvalue weighted by Crippen LogP contribution is -2.42. The number of guanidine groups is 1. The summed E-state index contributed by atoms with van der Waals surface area (Å²) in [6, 6.07) is 10.9. The number of hydrogen-bond acceptors (Lipinski definition) is 2. The van der Waals surface area contributed by atoms with Gasteiger partial charge in [0.25, 0.3) is 0 Å². The molecule has 1 atom stereocenters. The highest BCUT2D eigenvalue weighted by Gasteiger charge is 2.36. The third-order valence-electron chi connectivity index (χ3n) is 4.23. The van der Waals surface area contributed by atoms with Crippen LogP contribution in [0.1, 0.15) is 31.7 Å². The number of ether oxygens (including phenoxy) is 1. The molecule has 1 aromatic rings. The Morgan fingerprint density at radius 1 is 1.38 bits per heavy atom. The second kappa shape index (κ2) is 7.46. The minimum atomic E-state index is 0.185. The van der Waals surface area contributed by atoms with E-state index in [0.717, 1.165) is 13.0 Å². The SMILES string of the molecule is COCC(C)NC(N)=NCC1(Cc2ccccc2)CCC1. The van der Waals surface area contributed by atoms with Crippen LogP contribution >= 0.6 is 0 Å². The molecule has 0 aliphatic heterocycles. The molecule has 1 aromatic carbocycles. The molecule has 4 heteroatoms. The monoisotopic (exact) mass is 289 g/mol. The first kappa shape index (κ1) is 15.8. The molecule has 1 saturated carbocycles. The van der Waals surface area contributed by atoms with E-state index in [9.17, 15) is 0 Å². The number of nitrogens with two attached hydrogens (primary N) is 1. The van der Waals surface area contributed by atoms with Crippen molar-refractivity contribution < 1.29 is 4.74 Å². The van der Waals surface area contributed by atoms with E-state index in [2.05, 4.69) is 40.6 Å². The summed E-state index contributed by atoms with van der Waals surface area (Å²) in [5.41, 5.74) is 7.67. The first-order chi connectivity index (χ1) is 10.1. The molecule has 0 heterocycles. The Bertz CT molecular complexity index is 454. The lowest BCUT2D eigenvalue weighted by Gasteiger charge is -2.41. The van der Waals surface area contributed by atoms with Crippen molar-refractivity contribution in [3.63, 3.8) is 0 Å². The maximum absolute atomic E-state index is 5.97. The van der Waals surface area contributed by atoms with E-state index in [1.54, 1.807) is 7.11 Å². The van der Waals surface area contributed by atoms with Crippen LogP contribution in [0.4, 0.5) is 0 Å². The highest BCUT2D eigenvalue weighted by atomic mass is 16.5. The lowest BCUT2D eigenvalue weighted by atomic mass is 9.65. The second-order valence-electron chi connectivity index (χ2n) is 6.22. The fourth-order valence-electron chi connectivity index (χ4n) is 2.94. The standard InChI is InChI=1S/C17H27N3O/c1-14(12-21-2)20-16(18)19-13-17(9-6-10-17)11-15-7-4-3-5-8-15/h3-5,7-8,14H,6,9-13H2,1-2H3,(H3,18,19,20). The topological polar surface area (TPSA) is 59.6 Å². The van der Waals surface area contributed by atoms with Gasteiger partial charge < -0.3 is 15.8 Å². The molecule has 21 heavy (non-hydrogen) atoms. The summed E-state index contributed by atoms with van der Waals surface area (Å²) >= 11 is 0. The van der Waals surface area contributed by atoms with Gasteiger partial charge in [0.2, 0.25) is 0 Å². The van der Waals surface area contributed by atoms with Gasteiger partial charge in [-0.25, -0.2) is 0 Å². The highest BCUT2D eigenvalue weighted by molar-refractivity contribution is 5.78. The summed E-state index contributed by atoms with van der Waals surface area (Å²) in [6.07, 6.45) is 4.88. The molecule has 1 unspecified atom stereocenters. The Kier molecular flexibility index (Phi) is 5.62. The maximum atomic E-state index is 5.97. The Hall–Kier alpha value is -1.55. The van der Waals surface area contributed by atoms with Gasteiger partial charge in [-0.3, -0.25) is 4.99 Å². The molecule has 0 aromatic heterocycles. The maximum Gasteiger partial charge on any atom is 0.188 e. The van der Waals surface area contributed by atoms with Crippen LogP contribution in [0.3, 0.4) is 0 Å². The molecule has 4 nitrogen and oxygen atoms in total. The molecule has 1 aliphatic carbocycles. The van der Waals surface area contributed by atoms with Crippen LogP contribution in [-0.4, -0.2) is 32.3 Å². The number of hydrogen-bond donors (Lipinski definition) is 2. The van der Waals surface area contributed by atoms with Gasteiger partial charge in [-0.2, -0.15) is 0 Å². The molecule has 0 spiro atoms. The predicted octanol–water partition coefficient (Wildman–Crippen LogP) is 2.34. The third kappa shape index (κ3) is 4.74. The molecular weight excluding hydrogens is 262 g/mol. The number of nitrogens with one attached hydrogen (secondary N) is 1. The second-order valence-corrected chi connectivity index (χ2v) is 6.22. The number of methoxy groups -OCH3 is 1. The number of benzene rings is 1. The number of aliphatic imine (C=N–C) groups is 1. The first-order valence-corrected chi connectivity index (χ1v) is 7.73. The normalized spacial score (nSPS) is 18.9. The lowest BCUT2D eigenvalue weighted by molar-refractivity contribution is 0.145. The molecule has 0 saturated heterocycles. The van der Waals surface area contributed by atoms with E-state index in [-0.39, 0.29) is 6.04 Å². The summed E-state index contributed by atoms with van der Waals surface area (Å²) in [4.78, 5) is 4.56. The average molecular weight is 289 g/mol. The molecule has 0 radical (unpaired) electrons. The van der Waals surface area contributed by atoms with Crippen molar-refractivity contribution in [1.82, 2.24) is 5.32 Å². The minimum Gasteiger partial charge on any atom is -0.383 e. The largest absolute Gasteiger partial charge is 0.383 e. The summed E-state index contributed by atoms with van der Waals surface area (Å²) in [7, 11) is 1.69. The summed E-state index contributed by atoms with van der Waals surface area (Å²) in [5.74, 6) is 0.527. The molecule has 1 aliphatic rings. The zero-order chi connectivity index (χ0) is 15.1. The summed E-state index contributed by atoms with van der Waals surface area (Å²) in [6.45, 7) is 3.47.